The minimum absolute atomic E-state index is 0.341. The lowest BCUT2D eigenvalue weighted by molar-refractivity contribution is 0.183. The highest BCUT2D eigenvalue weighted by Crippen LogP contribution is 2.30. The highest BCUT2D eigenvalue weighted by Gasteiger charge is 2.22. The van der Waals surface area contributed by atoms with Crippen molar-refractivity contribution in [1.29, 1.82) is 0 Å². The quantitative estimate of drug-likeness (QED) is 0.894. The third kappa shape index (κ3) is 3.06. The van der Waals surface area contributed by atoms with Crippen LogP contribution in [-0.2, 0) is 4.74 Å². The average molecular weight is 274 g/mol. The topological polar surface area (TPSA) is 21.3 Å². The molecule has 2 rings (SSSR count). The Bertz CT molecular complexity index is 403. The zero-order chi connectivity index (χ0) is 12.4. The zero-order valence-corrected chi connectivity index (χ0v) is 11.6. The predicted octanol–water partition coefficient (Wildman–Crippen LogP) is 4.14. The van der Waals surface area contributed by atoms with Gasteiger partial charge in [0.15, 0.2) is 0 Å². The first-order valence-corrected chi connectivity index (χ1v) is 6.63. The molecule has 0 aliphatic carbocycles. The van der Waals surface area contributed by atoms with Crippen LogP contribution in [-0.4, -0.2) is 19.3 Å². The fourth-order valence-electron chi connectivity index (χ4n) is 2.07. The number of benzene rings is 1. The molecule has 2 atom stereocenters. The molecule has 2 unspecified atom stereocenters. The van der Waals surface area contributed by atoms with Gasteiger partial charge >= 0.3 is 0 Å². The van der Waals surface area contributed by atoms with Gasteiger partial charge in [-0.25, -0.2) is 0 Å². The van der Waals surface area contributed by atoms with E-state index in [1.165, 1.54) is 0 Å². The van der Waals surface area contributed by atoms with Crippen molar-refractivity contribution in [3.63, 3.8) is 0 Å². The maximum Gasteiger partial charge on any atom is 0.0641 e. The summed E-state index contributed by atoms with van der Waals surface area (Å²) < 4.78 is 5.39. The van der Waals surface area contributed by atoms with Crippen molar-refractivity contribution < 1.29 is 4.74 Å². The first kappa shape index (κ1) is 13.0. The number of aryl methyl sites for hydroxylation is 1. The first-order chi connectivity index (χ1) is 8.08. The Morgan fingerprint density at radius 1 is 1.35 bits per heavy atom. The number of halogens is 2. The molecule has 0 amide bonds. The van der Waals surface area contributed by atoms with E-state index >= 15 is 0 Å². The molecule has 1 aromatic rings. The van der Waals surface area contributed by atoms with Gasteiger partial charge in [-0.15, -0.1) is 0 Å². The van der Waals surface area contributed by atoms with Crippen LogP contribution in [0.15, 0.2) is 12.1 Å². The van der Waals surface area contributed by atoms with E-state index in [1.54, 1.807) is 0 Å². The summed E-state index contributed by atoms with van der Waals surface area (Å²) >= 11 is 12.3. The van der Waals surface area contributed by atoms with Crippen molar-refractivity contribution in [2.45, 2.75) is 26.3 Å². The Morgan fingerprint density at radius 2 is 2.12 bits per heavy atom. The highest BCUT2D eigenvalue weighted by molar-refractivity contribution is 6.35. The van der Waals surface area contributed by atoms with Gasteiger partial charge in [0, 0.05) is 23.6 Å². The zero-order valence-electron chi connectivity index (χ0n) is 10.1. The largest absolute Gasteiger partial charge is 0.381 e. The fourth-order valence-corrected chi connectivity index (χ4v) is 2.50. The normalized spacial score (nSPS) is 21.5. The maximum atomic E-state index is 6.20. The van der Waals surface area contributed by atoms with Crippen LogP contribution in [0.5, 0.6) is 0 Å². The van der Waals surface area contributed by atoms with Gasteiger partial charge in [-0.05, 0) is 38.0 Å². The smallest absolute Gasteiger partial charge is 0.0641 e. The monoisotopic (exact) mass is 273 g/mol. The van der Waals surface area contributed by atoms with Crippen LogP contribution in [0.1, 0.15) is 18.9 Å². The number of anilines is 1. The van der Waals surface area contributed by atoms with E-state index in [2.05, 4.69) is 12.2 Å². The van der Waals surface area contributed by atoms with Gasteiger partial charge < -0.3 is 10.1 Å². The molecule has 0 aromatic heterocycles. The van der Waals surface area contributed by atoms with Crippen LogP contribution in [0.25, 0.3) is 0 Å². The third-order valence-corrected chi connectivity index (χ3v) is 4.02. The van der Waals surface area contributed by atoms with Crippen molar-refractivity contribution in [3.05, 3.63) is 27.7 Å². The second-order valence-electron chi connectivity index (χ2n) is 4.64. The van der Waals surface area contributed by atoms with Crippen LogP contribution < -0.4 is 5.32 Å². The minimum atomic E-state index is 0.341. The molecule has 17 heavy (non-hydrogen) atoms. The first-order valence-electron chi connectivity index (χ1n) is 5.88. The van der Waals surface area contributed by atoms with Gasteiger partial charge in [-0.3, -0.25) is 0 Å². The molecule has 0 spiro atoms. The molecule has 1 fully saturated rings. The molecule has 1 aliphatic rings. The van der Waals surface area contributed by atoms with Crippen molar-refractivity contribution in [2.24, 2.45) is 5.92 Å². The summed E-state index contributed by atoms with van der Waals surface area (Å²) in [5.41, 5.74) is 1.90. The average Bonchev–Trinajstić information content (AvgIpc) is 2.79. The lowest BCUT2D eigenvalue weighted by Crippen LogP contribution is -2.26. The number of hydrogen-bond donors (Lipinski definition) is 1. The van der Waals surface area contributed by atoms with Crippen molar-refractivity contribution >= 4 is 28.9 Å². The molecule has 0 radical (unpaired) electrons. The van der Waals surface area contributed by atoms with Crippen molar-refractivity contribution in [1.82, 2.24) is 0 Å². The number of ether oxygens (including phenoxy) is 1. The third-order valence-electron chi connectivity index (χ3n) is 3.30. The Balaban J connectivity index is 2.09. The van der Waals surface area contributed by atoms with Gasteiger partial charge in [-0.2, -0.15) is 0 Å². The highest BCUT2D eigenvalue weighted by atomic mass is 35.5. The molecular weight excluding hydrogens is 257 g/mol. The van der Waals surface area contributed by atoms with Crippen LogP contribution in [0.3, 0.4) is 0 Å². The molecule has 94 valence electrons. The Hall–Kier alpha value is -0.440. The molecule has 0 bridgehead atoms. The van der Waals surface area contributed by atoms with E-state index < -0.39 is 0 Å². The molecule has 1 heterocycles. The van der Waals surface area contributed by atoms with Crippen LogP contribution in [0, 0.1) is 12.8 Å². The SMILES string of the molecule is Cc1cc(Cl)c(NC(C)C2CCOC2)cc1Cl. The van der Waals surface area contributed by atoms with Gasteiger partial charge in [0.05, 0.1) is 17.3 Å². The van der Waals surface area contributed by atoms with Crippen LogP contribution >= 0.6 is 23.2 Å². The Labute approximate surface area is 112 Å². The standard InChI is InChI=1S/C13H17Cl2NO/c1-8-5-12(15)13(6-11(8)14)16-9(2)10-3-4-17-7-10/h5-6,9-10,16H,3-4,7H2,1-2H3. The summed E-state index contributed by atoms with van der Waals surface area (Å²) in [6.45, 7) is 5.79. The summed E-state index contributed by atoms with van der Waals surface area (Å²) in [6, 6.07) is 4.13. The van der Waals surface area contributed by atoms with E-state index in [-0.39, 0.29) is 0 Å². The summed E-state index contributed by atoms with van der Waals surface area (Å²) in [4.78, 5) is 0. The molecule has 2 nitrogen and oxygen atoms in total. The summed E-state index contributed by atoms with van der Waals surface area (Å²) in [5, 5.41) is 4.89. The molecule has 4 heteroatoms. The summed E-state index contributed by atoms with van der Waals surface area (Å²) in [6.07, 6.45) is 1.10. The van der Waals surface area contributed by atoms with E-state index in [1.807, 2.05) is 19.1 Å². The predicted molar refractivity (Wildman–Crippen MR) is 73.2 cm³/mol. The lowest BCUT2D eigenvalue weighted by Gasteiger charge is -2.21. The summed E-state index contributed by atoms with van der Waals surface area (Å²) in [7, 11) is 0. The van der Waals surface area contributed by atoms with E-state index in [0.29, 0.717) is 12.0 Å². The number of hydrogen-bond acceptors (Lipinski definition) is 2. The van der Waals surface area contributed by atoms with E-state index in [0.717, 1.165) is 40.9 Å². The van der Waals surface area contributed by atoms with Crippen LogP contribution in [0.4, 0.5) is 5.69 Å². The Kier molecular flexibility index (Phi) is 4.18. The van der Waals surface area contributed by atoms with Gasteiger partial charge in [-0.1, -0.05) is 23.2 Å². The molecule has 0 saturated carbocycles. The molecule has 1 aromatic carbocycles. The maximum absolute atomic E-state index is 6.20. The van der Waals surface area contributed by atoms with Crippen molar-refractivity contribution in [3.8, 4) is 0 Å². The molecular formula is C13H17Cl2NO. The lowest BCUT2D eigenvalue weighted by atomic mass is 10.0. The number of rotatable bonds is 3. The Morgan fingerprint density at radius 3 is 2.76 bits per heavy atom. The molecule has 1 aliphatic heterocycles. The van der Waals surface area contributed by atoms with Gasteiger partial charge in [0.1, 0.15) is 0 Å². The number of nitrogens with one attached hydrogen (secondary N) is 1. The molecule has 1 saturated heterocycles. The van der Waals surface area contributed by atoms with Gasteiger partial charge in [0.25, 0.3) is 0 Å². The van der Waals surface area contributed by atoms with Gasteiger partial charge in [0.2, 0.25) is 0 Å². The van der Waals surface area contributed by atoms with E-state index in [4.69, 9.17) is 27.9 Å². The molecule has 1 N–H and O–H groups in total. The second-order valence-corrected chi connectivity index (χ2v) is 5.45. The summed E-state index contributed by atoms with van der Waals surface area (Å²) in [5.74, 6) is 0.547. The fraction of sp³-hybridized carbons (Fsp3) is 0.538. The van der Waals surface area contributed by atoms with Crippen LogP contribution in [0.2, 0.25) is 10.0 Å². The minimum Gasteiger partial charge on any atom is -0.381 e. The second kappa shape index (κ2) is 5.47. The van der Waals surface area contributed by atoms with E-state index in [9.17, 15) is 0 Å². The van der Waals surface area contributed by atoms with Crippen molar-refractivity contribution in [2.75, 3.05) is 18.5 Å².